The van der Waals surface area contributed by atoms with Gasteiger partial charge in [-0.25, -0.2) is 33.1 Å². The first-order valence-corrected chi connectivity index (χ1v) is 17.8. The number of nitrogens with zero attached hydrogens (tertiary/aromatic N) is 8. The van der Waals surface area contributed by atoms with Gasteiger partial charge in [-0.15, -0.1) is 0 Å². The maximum absolute atomic E-state index is 15.2. The highest BCUT2D eigenvalue weighted by Crippen LogP contribution is 2.32. The smallest absolute Gasteiger partial charge is 0.258 e. The van der Waals surface area contributed by atoms with Crippen LogP contribution in [-0.2, 0) is 22.7 Å². The summed E-state index contributed by atoms with van der Waals surface area (Å²) in [6.45, 7) is 9.16. The van der Waals surface area contributed by atoms with E-state index in [1.807, 2.05) is 30.5 Å². The Labute approximate surface area is 308 Å². The largest absolute Gasteiger partial charge is 0.368 e. The Bertz CT molecular complexity index is 2320. The second kappa shape index (κ2) is 13.8. The average Bonchev–Trinajstić information content (AvgIpc) is 3.66. The van der Waals surface area contributed by atoms with Gasteiger partial charge in [0.15, 0.2) is 11.6 Å². The third-order valence-electron chi connectivity index (χ3n) is 10.2. The summed E-state index contributed by atoms with van der Waals surface area (Å²) >= 11 is 0. The molecular formula is C38H37F3N10O3. The molecule has 0 radical (unpaired) electrons. The molecule has 3 aliphatic heterocycles. The molecule has 5 aromatic rings. The molecule has 1 unspecified atom stereocenters. The number of carbonyl (C=O) groups is 3. The van der Waals surface area contributed by atoms with Gasteiger partial charge in [0.05, 0.1) is 29.2 Å². The fourth-order valence-corrected chi connectivity index (χ4v) is 7.68. The van der Waals surface area contributed by atoms with Crippen molar-refractivity contribution in [3.8, 4) is 11.3 Å². The molecule has 0 spiro atoms. The van der Waals surface area contributed by atoms with Gasteiger partial charge in [-0.2, -0.15) is 0 Å². The number of piperazine rings is 1. The van der Waals surface area contributed by atoms with E-state index in [2.05, 4.69) is 40.4 Å². The van der Waals surface area contributed by atoms with E-state index in [0.29, 0.717) is 55.4 Å². The summed E-state index contributed by atoms with van der Waals surface area (Å²) in [5.41, 5.74) is 3.16. The van der Waals surface area contributed by atoms with Crippen LogP contribution in [0.3, 0.4) is 0 Å². The predicted octanol–water partition coefficient (Wildman–Crippen LogP) is 5.02. The number of halogens is 3. The number of rotatable bonds is 8. The molecule has 0 aliphatic carbocycles. The second-order valence-electron chi connectivity index (χ2n) is 14.1. The normalized spacial score (nSPS) is 17.8. The van der Waals surface area contributed by atoms with Gasteiger partial charge in [0.25, 0.3) is 5.91 Å². The molecule has 0 saturated carbocycles. The van der Waals surface area contributed by atoms with E-state index in [-0.39, 0.29) is 59.6 Å². The number of benzene rings is 2. The lowest BCUT2D eigenvalue weighted by Gasteiger charge is -2.36. The quantitative estimate of drug-likeness (QED) is 0.209. The highest BCUT2D eigenvalue weighted by atomic mass is 19.1. The van der Waals surface area contributed by atoms with Gasteiger partial charge in [0.1, 0.15) is 34.7 Å². The number of imide groups is 1. The van der Waals surface area contributed by atoms with Crippen molar-refractivity contribution in [1.29, 1.82) is 0 Å². The van der Waals surface area contributed by atoms with Crippen LogP contribution in [0.5, 0.6) is 0 Å². The molecule has 3 amide bonds. The minimum absolute atomic E-state index is 0.0108. The number of anilines is 3. The molecule has 2 fully saturated rings. The Morgan fingerprint density at radius 1 is 0.926 bits per heavy atom. The zero-order valence-corrected chi connectivity index (χ0v) is 29.9. The van der Waals surface area contributed by atoms with E-state index in [4.69, 9.17) is 0 Å². The van der Waals surface area contributed by atoms with Gasteiger partial charge in [-0.05, 0) is 68.7 Å². The molecule has 1 atom stereocenters. The highest BCUT2D eigenvalue weighted by Gasteiger charge is 2.40. The lowest BCUT2D eigenvalue weighted by molar-refractivity contribution is -0.136. The van der Waals surface area contributed by atoms with E-state index in [0.717, 1.165) is 17.4 Å². The number of imidazole rings is 1. The Morgan fingerprint density at radius 2 is 1.72 bits per heavy atom. The third-order valence-corrected chi connectivity index (χ3v) is 10.2. The summed E-state index contributed by atoms with van der Waals surface area (Å²) in [6.07, 6.45) is 3.12. The summed E-state index contributed by atoms with van der Waals surface area (Å²) in [5.74, 6) is -2.09. The third kappa shape index (κ3) is 6.50. The number of nitrogens with one attached hydrogen (secondary N) is 2. The number of piperidine rings is 1. The summed E-state index contributed by atoms with van der Waals surface area (Å²) < 4.78 is 47.3. The SMILES string of the molecule is Cc1nc2c(F)cc(-c3nc(Nc4ccc(N5CCN(Cc6cc(F)c7c(c6)CN(C6CCC(=O)NC6=O)C7=O)CC5)cn4)ncc3F)cc2n1C(C)C. The van der Waals surface area contributed by atoms with Gasteiger partial charge in [-0.3, -0.25) is 24.6 Å². The van der Waals surface area contributed by atoms with Crippen molar-refractivity contribution in [2.75, 3.05) is 36.4 Å². The van der Waals surface area contributed by atoms with E-state index < -0.39 is 35.3 Å². The van der Waals surface area contributed by atoms with E-state index in [1.165, 1.54) is 17.0 Å². The fourth-order valence-electron chi connectivity index (χ4n) is 7.68. The number of hydrogen-bond donors (Lipinski definition) is 2. The molecule has 54 heavy (non-hydrogen) atoms. The van der Waals surface area contributed by atoms with Crippen LogP contribution in [0.15, 0.2) is 48.8 Å². The van der Waals surface area contributed by atoms with E-state index in [1.54, 1.807) is 25.3 Å². The van der Waals surface area contributed by atoms with Gasteiger partial charge >= 0.3 is 0 Å². The average molecular weight is 739 g/mol. The van der Waals surface area contributed by atoms with Crippen molar-refractivity contribution in [2.24, 2.45) is 0 Å². The molecule has 278 valence electrons. The maximum Gasteiger partial charge on any atom is 0.258 e. The molecular weight excluding hydrogens is 701 g/mol. The highest BCUT2D eigenvalue weighted by molar-refractivity contribution is 6.05. The molecule has 13 nitrogen and oxygen atoms in total. The Morgan fingerprint density at radius 3 is 2.44 bits per heavy atom. The lowest BCUT2D eigenvalue weighted by Crippen LogP contribution is -2.52. The molecule has 2 N–H and O–H groups in total. The van der Waals surface area contributed by atoms with Crippen molar-refractivity contribution in [1.82, 2.24) is 39.6 Å². The maximum atomic E-state index is 15.2. The summed E-state index contributed by atoms with van der Waals surface area (Å²) in [4.78, 5) is 60.1. The van der Waals surface area contributed by atoms with Crippen LogP contribution < -0.4 is 15.5 Å². The number of hydrogen-bond acceptors (Lipinski definition) is 10. The zero-order valence-electron chi connectivity index (χ0n) is 29.9. The van der Waals surface area contributed by atoms with Gasteiger partial charge in [0, 0.05) is 57.3 Å². The summed E-state index contributed by atoms with van der Waals surface area (Å²) in [5, 5.41) is 5.28. The van der Waals surface area contributed by atoms with E-state index >= 15 is 13.2 Å². The minimum atomic E-state index is -0.799. The first-order valence-electron chi connectivity index (χ1n) is 17.8. The van der Waals surface area contributed by atoms with Crippen LogP contribution in [0, 0.1) is 24.4 Å². The Kier molecular flexibility index (Phi) is 9.00. The van der Waals surface area contributed by atoms with Crippen LogP contribution in [0.2, 0.25) is 0 Å². The predicted molar refractivity (Wildman–Crippen MR) is 193 cm³/mol. The zero-order chi connectivity index (χ0) is 37.8. The van der Waals surface area contributed by atoms with Crippen molar-refractivity contribution in [3.05, 3.63) is 88.8 Å². The first-order chi connectivity index (χ1) is 25.9. The molecule has 2 aromatic carbocycles. The van der Waals surface area contributed by atoms with Crippen LogP contribution in [0.4, 0.5) is 30.6 Å². The van der Waals surface area contributed by atoms with Crippen molar-refractivity contribution in [3.63, 3.8) is 0 Å². The molecule has 3 aliphatic rings. The number of aryl methyl sites for hydroxylation is 1. The van der Waals surface area contributed by atoms with Crippen LogP contribution in [-0.4, -0.2) is 84.2 Å². The van der Waals surface area contributed by atoms with Crippen LogP contribution in [0.1, 0.15) is 60.0 Å². The van der Waals surface area contributed by atoms with Gasteiger partial charge in [0.2, 0.25) is 17.8 Å². The Balaban J connectivity index is 0.894. The fraction of sp³-hybridized carbons (Fsp3) is 0.342. The Hall–Kier alpha value is -5.90. The molecule has 0 bridgehead atoms. The topological polar surface area (TPSA) is 141 Å². The minimum Gasteiger partial charge on any atom is -0.368 e. The number of pyridine rings is 1. The molecule has 6 heterocycles. The molecule has 16 heteroatoms. The molecule has 2 saturated heterocycles. The lowest BCUT2D eigenvalue weighted by atomic mass is 10.0. The van der Waals surface area contributed by atoms with Crippen LogP contribution >= 0.6 is 0 Å². The number of aromatic nitrogens is 5. The van der Waals surface area contributed by atoms with Crippen molar-refractivity contribution >= 4 is 46.2 Å². The second-order valence-corrected chi connectivity index (χ2v) is 14.1. The van der Waals surface area contributed by atoms with Crippen molar-refractivity contribution in [2.45, 2.75) is 58.8 Å². The van der Waals surface area contributed by atoms with Crippen LogP contribution in [0.25, 0.3) is 22.3 Å². The molecule has 3 aromatic heterocycles. The van der Waals surface area contributed by atoms with E-state index in [9.17, 15) is 14.4 Å². The number of fused-ring (bicyclic) bond motifs is 2. The van der Waals surface area contributed by atoms with Gasteiger partial charge in [-0.1, -0.05) is 6.07 Å². The van der Waals surface area contributed by atoms with Gasteiger partial charge < -0.3 is 19.7 Å². The summed E-state index contributed by atoms with van der Waals surface area (Å²) in [7, 11) is 0. The first kappa shape index (κ1) is 35.1. The number of carbonyl (C=O) groups excluding carboxylic acids is 3. The number of amides is 3. The van der Waals surface area contributed by atoms with Crippen molar-refractivity contribution < 1.29 is 27.6 Å². The monoisotopic (exact) mass is 738 g/mol. The summed E-state index contributed by atoms with van der Waals surface area (Å²) in [6, 6.07) is 9.04. The standard InChI is InChI=1S/C38H37F3N10O3/c1-20(2)51-21(3)44-35-27(40)14-23(15-30(35)51)34-28(41)17-43-38(47-34)45-31-6-4-25(16-42-31)49-10-8-48(9-11-49)18-22-12-24-19-50(37(54)33(24)26(39)13-22)29-5-7-32(52)46-36(29)53/h4,6,12-17,20,29H,5,7-11,18-19H2,1-3H3,(H,46,52,53)(H,42,43,45,47). The molecule has 8 rings (SSSR count).